The fourth-order valence-electron chi connectivity index (χ4n) is 0.943. The van der Waals surface area contributed by atoms with E-state index in [2.05, 4.69) is 16.1 Å². The first-order valence-corrected chi connectivity index (χ1v) is 6.05. The van der Waals surface area contributed by atoms with Gasteiger partial charge in [-0.25, -0.2) is 13.2 Å². The van der Waals surface area contributed by atoms with Gasteiger partial charge in [-0.2, -0.15) is 0 Å². The molecule has 0 atom stereocenters. The summed E-state index contributed by atoms with van der Waals surface area (Å²) >= 11 is 7.78. The molecule has 0 aromatic heterocycles. The normalized spacial score (nSPS) is 11.7. The maximum absolute atomic E-state index is 11.5. The second-order valence-electron chi connectivity index (χ2n) is 2.48. The Kier molecular flexibility index (Phi) is 3.72. The Morgan fingerprint density at radius 1 is 1.40 bits per heavy atom. The Labute approximate surface area is 99.8 Å². The van der Waals surface area contributed by atoms with Crippen LogP contribution < -0.4 is 0 Å². The first-order valence-electron chi connectivity index (χ1n) is 3.56. The molecule has 0 aliphatic rings. The first-order chi connectivity index (χ1) is 6.87. The van der Waals surface area contributed by atoms with Crippen molar-refractivity contribution in [3.63, 3.8) is 0 Å². The van der Waals surface area contributed by atoms with Crippen LogP contribution >= 0.6 is 27.9 Å². The standard InChI is InChI=1S/C7H5BrClNO4S/c8-10(9)15(13,14)6-4-2-1-3-5(6)7(11)12/h1-4H,(H,11,12). The van der Waals surface area contributed by atoms with Crippen LogP contribution in [0.5, 0.6) is 0 Å². The zero-order valence-electron chi connectivity index (χ0n) is 7.09. The lowest BCUT2D eigenvalue weighted by Crippen LogP contribution is -2.16. The molecule has 1 aromatic rings. The molecule has 0 spiro atoms. The van der Waals surface area contributed by atoms with Crippen molar-refractivity contribution in [3.05, 3.63) is 29.8 Å². The van der Waals surface area contributed by atoms with E-state index in [1.165, 1.54) is 18.2 Å². The molecule has 5 nitrogen and oxygen atoms in total. The van der Waals surface area contributed by atoms with Gasteiger partial charge >= 0.3 is 5.97 Å². The van der Waals surface area contributed by atoms with Crippen molar-refractivity contribution in [2.75, 3.05) is 0 Å². The number of halogens is 2. The molecule has 82 valence electrons. The van der Waals surface area contributed by atoms with Gasteiger partial charge in [-0.05, 0) is 15.0 Å². The van der Waals surface area contributed by atoms with Crippen LogP contribution in [0, 0.1) is 0 Å². The molecular weight excluding hydrogens is 310 g/mol. The molecule has 15 heavy (non-hydrogen) atoms. The smallest absolute Gasteiger partial charge is 0.337 e. The Morgan fingerprint density at radius 3 is 2.40 bits per heavy atom. The summed E-state index contributed by atoms with van der Waals surface area (Å²) in [5, 5.41) is 8.77. The van der Waals surface area contributed by atoms with Crippen molar-refractivity contribution in [1.29, 1.82) is 0 Å². The van der Waals surface area contributed by atoms with E-state index in [0.717, 1.165) is 6.07 Å². The summed E-state index contributed by atoms with van der Waals surface area (Å²) in [6, 6.07) is 5.18. The molecule has 0 amide bonds. The van der Waals surface area contributed by atoms with Gasteiger partial charge < -0.3 is 5.11 Å². The molecular formula is C7H5BrClNO4S. The van der Waals surface area contributed by atoms with Crippen LogP contribution in [0.3, 0.4) is 0 Å². The Bertz CT molecular complexity index is 488. The maximum atomic E-state index is 11.5. The van der Waals surface area contributed by atoms with Gasteiger partial charge in [0.15, 0.2) is 0 Å². The highest BCUT2D eigenvalue weighted by Gasteiger charge is 2.26. The van der Waals surface area contributed by atoms with E-state index in [9.17, 15) is 13.2 Å². The van der Waals surface area contributed by atoms with Gasteiger partial charge in [-0.3, -0.25) is 0 Å². The third-order valence-electron chi connectivity index (χ3n) is 1.58. The van der Waals surface area contributed by atoms with E-state index in [1.807, 2.05) is 0 Å². The SMILES string of the molecule is O=C(O)c1ccccc1S(=O)(=O)N(Cl)Br. The Balaban J connectivity index is 3.45. The van der Waals surface area contributed by atoms with Crippen LogP contribution in [0.2, 0.25) is 0 Å². The van der Waals surface area contributed by atoms with E-state index in [1.54, 1.807) is 0 Å². The van der Waals surface area contributed by atoms with Gasteiger partial charge in [0.1, 0.15) is 0 Å². The minimum absolute atomic E-state index is 0.266. The van der Waals surface area contributed by atoms with Crippen molar-refractivity contribution in [3.8, 4) is 0 Å². The van der Waals surface area contributed by atoms with Crippen molar-refractivity contribution in [2.24, 2.45) is 0 Å². The molecule has 1 rings (SSSR count). The fraction of sp³-hybridized carbons (Fsp3) is 0. The highest BCUT2D eigenvalue weighted by molar-refractivity contribution is 9.09. The Hall–Kier alpha value is -0.630. The molecule has 1 N–H and O–H groups in total. The van der Waals surface area contributed by atoms with Crippen molar-refractivity contribution in [2.45, 2.75) is 4.90 Å². The number of carbonyl (C=O) groups is 1. The number of hydrogen-bond donors (Lipinski definition) is 1. The minimum Gasteiger partial charge on any atom is -0.478 e. The number of nitrogens with zero attached hydrogens (tertiary/aromatic N) is 1. The molecule has 0 aliphatic heterocycles. The zero-order chi connectivity index (χ0) is 11.6. The molecule has 8 heteroatoms. The van der Waals surface area contributed by atoms with Gasteiger partial charge in [-0.15, -0.1) is 0 Å². The average Bonchev–Trinajstić information content (AvgIpc) is 2.17. The average molecular weight is 315 g/mol. The van der Waals surface area contributed by atoms with Gasteiger partial charge in [0.05, 0.1) is 10.5 Å². The van der Waals surface area contributed by atoms with Gasteiger partial charge in [-0.1, -0.05) is 12.1 Å². The number of carboxylic acids is 1. The van der Waals surface area contributed by atoms with E-state index < -0.39 is 16.0 Å². The molecule has 0 unspecified atom stereocenters. The molecule has 0 aliphatic carbocycles. The third-order valence-corrected chi connectivity index (χ3v) is 4.54. The predicted molar refractivity (Wildman–Crippen MR) is 57.2 cm³/mol. The lowest BCUT2D eigenvalue weighted by molar-refractivity contribution is 0.0692. The van der Waals surface area contributed by atoms with E-state index in [-0.39, 0.29) is 13.3 Å². The molecule has 0 radical (unpaired) electrons. The number of rotatable bonds is 3. The third kappa shape index (κ3) is 2.49. The van der Waals surface area contributed by atoms with Gasteiger partial charge in [0, 0.05) is 27.9 Å². The topological polar surface area (TPSA) is 74.7 Å². The zero-order valence-corrected chi connectivity index (χ0v) is 10.3. The van der Waals surface area contributed by atoms with Crippen LogP contribution in [0.15, 0.2) is 29.2 Å². The van der Waals surface area contributed by atoms with Gasteiger partial charge in [0.25, 0.3) is 10.0 Å². The van der Waals surface area contributed by atoms with E-state index in [0.29, 0.717) is 0 Å². The summed E-state index contributed by atoms with van der Waals surface area (Å²) in [4.78, 5) is 10.4. The van der Waals surface area contributed by atoms with Crippen molar-refractivity contribution in [1.82, 2.24) is 2.85 Å². The quantitative estimate of drug-likeness (QED) is 0.864. The lowest BCUT2D eigenvalue weighted by Gasteiger charge is -2.08. The van der Waals surface area contributed by atoms with Crippen LogP contribution in [0.4, 0.5) is 0 Å². The van der Waals surface area contributed by atoms with E-state index in [4.69, 9.17) is 16.9 Å². The summed E-state index contributed by atoms with van der Waals surface area (Å²) < 4.78 is 23.3. The molecule has 0 saturated heterocycles. The van der Waals surface area contributed by atoms with Crippen molar-refractivity contribution >= 4 is 43.9 Å². The number of carboxylic acid groups (broad SMARTS) is 1. The largest absolute Gasteiger partial charge is 0.478 e. The number of benzene rings is 1. The van der Waals surface area contributed by atoms with Gasteiger partial charge in [0.2, 0.25) is 0 Å². The van der Waals surface area contributed by atoms with Crippen LogP contribution in [0.1, 0.15) is 10.4 Å². The highest BCUT2D eigenvalue weighted by Crippen LogP contribution is 2.24. The molecule has 0 bridgehead atoms. The Morgan fingerprint density at radius 2 is 1.93 bits per heavy atom. The van der Waals surface area contributed by atoms with Crippen molar-refractivity contribution < 1.29 is 18.3 Å². The number of hydrogen-bond acceptors (Lipinski definition) is 3. The number of sulfonamides is 1. The molecule has 0 heterocycles. The van der Waals surface area contributed by atoms with E-state index >= 15 is 0 Å². The highest BCUT2D eigenvalue weighted by atomic mass is 79.9. The summed E-state index contributed by atoms with van der Waals surface area (Å²) in [5.41, 5.74) is -0.331. The second kappa shape index (κ2) is 4.48. The van der Waals surface area contributed by atoms with Crippen LogP contribution in [-0.4, -0.2) is 22.3 Å². The first kappa shape index (κ1) is 12.4. The van der Waals surface area contributed by atoms with Crippen LogP contribution in [-0.2, 0) is 10.0 Å². The maximum Gasteiger partial charge on any atom is 0.337 e. The molecule has 0 fully saturated rings. The summed E-state index contributed by atoms with van der Waals surface area (Å²) in [6.45, 7) is 0. The predicted octanol–water partition coefficient (Wildman–Crippen LogP) is 1.84. The summed E-state index contributed by atoms with van der Waals surface area (Å²) in [7, 11) is -4.02. The molecule has 0 saturated carbocycles. The summed E-state index contributed by atoms with van der Waals surface area (Å²) in [6.07, 6.45) is 0. The minimum atomic E-state index is -4.02. The second-order valence-corrected chi connectivity index (χ2v) is 6.36. The van der Waals surface area contributed by atoms with Crippen LogP contribution in [0.25, 0.3) is 0 Å². The fourth-order valence-corrected chi connectivity index (χ4v) is 2.47. The lowest BCUT2D eigenvalue weighted by atomic mass is 10.2. The summed E-state index contributed by atoms with van der Waals surface area (Å²) in [5.74, 6) is -1.33. The monoisotopic (exact) mass is 313 g/mol. The molecule has 1 aromatic carbocycles. The number of aromatic carboxylic acids is 1.